The fraction of sp³-hybridized carbons (Fsp3) is 0.778. The molecule has 0 radical (unpaired) electrons. The monoisotopic (exact) mass is 580 g/mol. The maximum atomic E-state index is 12.5. The molecule has 232 valence electrons. The van der Waals surface area contributed by atoms with Crippen LogP contribution in [0.2, 0.25) is 0 Å². The van der Waals surface area contributed by atoms with Gasteiger partial charge in [-0.2, -0.15) is 0 Å². The molecule has 6 nitrogen and oxygen atoms in total. The van der Waals surface area contributed by atoms with Gasteiger partial charge in [0, 0.05) is 37.4 Å². The summed E-state index contributed by atoms with van der Waals surface area (Å²) in [6.45, 7) is 7.28. The third kappa shape index (κ3) is 4.93. The SMILES string of the molecule is CCc1ccc([C@H]2C[C@@]3(C)C(CC[C@@]3(O)CCCOC3CCCCO3)C3CC[C@@]4(O)CC5(CCC4=C32)OCCO5)cc1. The molecule has 0 bridgehead atoms. The first-order valence-electron chi connectivity index (χ1n) is 17.1. The molecule has 5 fully saturated rings. The second-order valence-electron chi connectivity index (χ2n) is 14.6. The molecule has 1 aromatic rings. The molecule has 2 N–H and O–H groups in total. The minimum absolute atomic E-state index is 0.0738. The van der Waals surface area contributed by atoms with Crippen molar-refractivity contribution in [3.05, 3.63) is 46.5 Å². The first-order chi connectivity index (χ1) is 20.3. The first kappa shape index (κ1) is 29.4. The Labute approximate surface area is 252 Å². The van der Waals surface area contributed by atoms with Crippen LogP contribution in [0.3, 0.4) is 0 Å². The maximum absolute atomic E-state index is 12.5. The van der Waals surface area contributed by atoms with E-state index >= 15 is 0 Å². The highest BCUT2D eigenvalue weighted by atomic mass is 16.7. The third-order valence-electron chi connectivity index (χ3n) is 12.5. The van der Waals surface area contributed by atoms with Gasteiger partial charge >= 0.3 is 0 Å². The van der Waals surface area contributed by atoms with Gasteiger partial charge in [-0.1, -0.05) is 43.7 Å². The number of benzene rings is 1. The standard InChI is InChI=1S/C36H52O6/c1-3-25-8-10-26(11-9-25)28-23-33(2)29(13-17-35(33,38)15-6-20-40-31-7-4-5-19-39-31)27-12-16-34(37)24-36(41-21-22-42-36)18-14-30(34)32(27)28/h8-11,27-29,31,37-38H,3-7,12-24H2,1-2H3/t27?,28-,29?,31?,33+,34-,35+/m1/s1. The van der Waals surface area contributed by atoms with Crippen molar-refractivity contribution in [3.8, 4) is 0 Å². The van der Waals surface area contributed by atoms with Crippen LogP contribution in [0.5, 0.6) is 0 Å². The molecular weight excluding hydrogens is 528 g/mol. The number of ether oxygens (including phenoxy) is 4. The van der Waals surface area contributed by atoms with Gasteiger partial charge in [-0.3, -0.25) is 0 Å². The molecule has 2 saturated heterocycles. The van der Waals surface area contributed by atoms with E-state index in [0.29, 0.717) is 38.1 Å². The van der Waals surface area contributed by atoms with Crippen LogP contribution in [-0.4, -0.2) is 59.9 Å². The minimum atomic E-state index is -0.864. The predicted octanol–water partition coefficient (Wildman–Crippen LogP) is 6.57. The van der Waals surface area contributed by atoms with Crippen LogP contribution in [0, 0.1) is 17.3 Å². The summed E-state index contributed by atoms with van der Waals surface area (Å²) in [6.07, 6.45) is 12.6. The molecule has 3 saturated carbocycles. The summed E-state index contributed by atoms with van der Waals surface area (Å²) < 4.78 is 24.1. The number of aliphatic hydroxyl groups is 2. The van der Waals surface area contributed by atoms with Crippen LogP contribution in [0.25, 0.3) is 0 Å². The lowest BCUT2D eigenvalue weighted by atomic mass is 9.49. The summed E-state index contributed by atoms with van der Waals surface area (Å²) in [5.74, 6) is 0.416. The summed E-state index contributed by atoms with van der Waals surface area (Å²) in [6, 6.07) is 9.21. The Morgan fingerprint density at radius 1 is 0.952 bits per heavy atom. The number of allylic oxidation sites excluding steroid dienone is 1. The largest absolute Gasteiger partial charge is 0.389 e. The highest BCUT2D eigenvalue weighted by molar-refractivity contribution is 5.44. The van der Waals surface area contributed by atoms with E-state index in [0.717, 1.165) is 83.7 Å². The quantitative estimate of drug-likeness (QED) is 0.281. The lowest BCUT2D eigenvalue weighted by Crippen LogP contribution is -2.55. The summed E-state index contributed by atoms with van der Waals surface area (Å²) in [5, 5.41) is 24.7. The van der Waals surface area contributed by atoms with Crippen LogP contribution < -0.4 is 0 Å². The smallest absolute Gasteiger partial charge is 0.171 e. The van der Waals surface area contributed by atoms with E-state index in [4.69, 9.17) is 18.9 Å². The van der Waals surface area contributed by atoms with E-state index in [1.807, 2.05) is 0 Å². The fourth-order valence-corrected chi connectivity index (χ4v) is 10.2. The van der Waals surface area contributed by atoms with Gasteiger partial charge in [0.1, 0.15) is 0 Å². The van der Waals surface area contributed by atoms with Crippen molar-refractivity contribution >= 4 is 0 Å². The zero-order chi connectivity index (χ0) is 29.0. The maximum Gasteiger partial charge on any atom is 0.171 e. The zero-order valence-electron chi connectivity index (χ0n) is 25.9. The fourth-order valence-electron chi connectivity index (χ4n) is 10.2. The summed E-state index contributed by atoms with van der Waals surface area (Å²) >= 11 is 0. The molecule has 42 heavy (non-hydrogen) atoms. The van der Waals surface area contributed by atoms with E-state index in [2.05, 4.69) is 38.1 Å². The molecule has 1 aromatic carbocycles. The molecule has 2 aliphatic heterocycles. The van der Waals surface area contributed by atoms with Gasteiger partial charge in [0.2, 0.25) is 0 Å². The average molecular weight is 581 g/mol. The van der Waals surface area contributed by atoms with E-state index in [1.165, 1.54) is 28.7 Å². The lowest BCUT2D eigenvalue weighted by molar-refractivity contribution is -0.208. The summed E-state index contributed by atoms with van der Waals surface area (Å²) in [5.41, 5.74) is 3.70. The number of hydrogen-bond acceptors (Lipinski definition) is 6. The third-order valence-corrected chi connectivity index (χ3v) is 12.5. The molecule has 0 aromatic heterocycles. The van der Waals surface area contributed by atoms with Crippen LogP contribution in [0.1, 0.15) is 114 Å². The second-order valence-corrected chi connectivity index (χ2v) is 14.6. The topological polar surface area (TPSA) is 77.4 Å². The zero-order valence-corrected chi connectivity index (χ0v) is 25.9. The Kier molecular flexibility index (Phi) is 7.89. The first-order valence-corrected chi connectivity index (χ1v) is 17.1. The molecular formula is C36H52O6. The minimum Gasteiger partial charge on any atom is -0.389 e. The molecule has 0 amide bonds. The molecule has 4 aliphatic carbocycles. The van der Waals surface area contributed by atoms with Gasteiger partial charge in [0.05, 0.1) is 24.4 Å². The van der Waals surface area contributed by atoms with Crippen molar-refractivity contribution in [1.82, 2.24) is 0 Å². The van der Waals surface area contributed by atoms with Crippen LogP contribution in [0.4, 0.5) is 0 Å². The van der Waals surface area contributed by atoms with Crippen molar-refractivity contribution in [3.63, 3.8) is 0 Å². The Balaban J connectivity index is 1.19. The number of aryl methyl sites for hydroxylation is 1. The van der Waals surface area contributed by atoms with Crippen molar-refractivity contribution in [2.45, 2.75) is 133 Å². The number of fused-ring (bicyclic) bond motifs is 4. The van der Waals surface area contributed by atoms with Gasteiger partial charge in [-0.05, 0) is 106 Å². The Hall–Kier alpha value is -1.28. The molecule has 6 aliphatic rings. The van der Waals surface area contributed by atoms with E-state index in [9.17, 15) is 10.2 Å². The van der Waals surface area contributed by atoms with Crippen molar-refractivity contribution in [2.24, 2.45) is 17.3 Å². The predicted molar refractivity (Wildman–Crippen MR) is 161 cm³/mol. The van der Waals surface area contributed by atoms with Crippen molar-refractivity contribution < 1.29 is 29.2 Å². The summed E-state index contributed by atoms with van der Waals surface area (Å²) in [4.78, 5) is 0. The van der Waals surface area contributed by atoms with E-state index in [-0.39, 0.29) is 17.6 Å². The molecule has 6 heteroatoms. The van der Waals surface area contributed by atoms with E-state index < -0.39 is 17.0 Å². The van der Waals surface area contributed by atoms with Crippen molar-refractivity contribution in [1.29, 1.82) is 0 Å². The molecule has 3 unspecified atom stereocenters. The number of hydrogen-bond donors (Lipinski definition) is 2. The second kappa shape index (κ2) is 11.3. The summed E-state index contributed by atoms with van der Waals surface area (Å²) in [7, 11) is 0. The van der Waals surface area contributed by atoms with Gasteiger partial charge < -0.3 is 29.2 Å². The van der Waals surface area contributed by atoms with Crippen LogP contribution in [-0.2, 0) is 25.4 Å². The Morgan fingerprint density at radius 2 is 1.76 bits per heavy atom. The lowest BCUT2D eigenvalue weighted by Gasteiger charge is -2.57. The van der Waals surface area contributed by atoms with E-state index in [1.54, 1.807) is 0 Å². The van der Waals surface area contributed by atoms with Crippen LogP contribution in [0.15, 0.2) is 35.4 Å². The Bertz CT molecular complexity index is 1150. The van der Waals surface area contributed by atoms with Crippen molar-refractivity contribution in [2.75, 3.05) is 26.4 Å². The molecule has 7 atom stereocenters. The highest BCUT2D eigenvalue weighted by Gasteiger charge is 2.64. The van der Waals surface area contributed by atoms with Gasteiger partial charge in [0.25, 0.3) is 0 Å². The van der Waals surface area contributed by atoms with Crippen LogP contribution >= 0.6 is 0 Å². The Morgan fingerprint density at radius 3 is 2.50 bits per heavy atom. The molecule has 7 rings (SSSR count). The number of rotatable bonds is 7. The molecule has 2 heterocycles. The van der Waals surface area contributed by atoms with Gasteiger partial charge in [-0.15, -0.1) is 0 Å². The average Bonchev–Trinajstić information content (AvgIpc) is 3.56. The highest BCUT2D eigenvalue weighted by Crippen LogP contribution is 2.68. The normalized spacial score (nSPS) is 41.0. The van der Waals surface area contributed by atoms with Gasteiger partial charge in [-0.25, -0.2) is 0 Å². The molecule has 1 spiro atoms. The van der Waals surface area contributed by atoms with Gasteiger partial charge in [0.15, 0.2) is 12.1 Å².